The highest BCUT2D eigenvalue weighted by molar-refractivity contribution is 6.07. The molecule has 1 spiro atoms. The number of urea groups is 1. The Balaban J connectivity index is 1.77. The van der Waals surface area contributed by atoms with Crippen molar-refractivity contribution in [2.75, 3.05) is 6.54 Å². The average molecular weight is 287 g/mol. The highest BCUT2D eigenvalue weighted by Crippen LogP contribution is 2.36. The SMILES string of the molecule is O=C1NC(=O)C2(CCCCCC2)N1CCc1ccncc1. The quantitative estimate of drug-likeness (QED) is 0.867. The third-order valence-corrected chi connectivity index (χ3v) is 4.71. The second-order valence-corrected chi connectivity index (χ2v) is 5.96. The third kappa shape index (κ3) is 2.64. The van der Waals surface area contributed by atoms with E-state index in [4.69, 9.17) is 0 Å². The highest BCUT2D eigenvalue weighted by Gasteiger charge is 2.51. The van der Waals surface area contributed by atoms with Crippen LogP contribution in [-0.2, 0) is 11.2 Å². The number of aromatic nitrogens is 1. The van der Waals surface area contributed by atoms with Crippen LogP contribution in [0, 0.1) is 0 Å². The number of hydrogen-bond acceptors (Lipinski definition) is 3. The molecule has 1 saturated heterocycles. The molecule has 2 fully saturated rings. The van der Waals surface area contributed by atoms with E-state index in [-0.39, 0.29) is 11.9 Å². The third-order valence-electron chi connectivity index (χ3n) is 4.71. The summed E-state index contributed by atoms with van der Waals surface area (Å²) in [5.41, 5.74) is 0.543. The van der Waals surface area contributed by atoms with Crippen LogP contribution in [0.25, 0.3) is 0 Å². The Bertz CT molecular complexity index is 522. The molecule has 1 saturated carbocycles. The van der Waals surface area contributed by atoms with E-state index in [0.717, 1.165) is 50.5 Å². The maximum absolute atomic E-state index is 12.4. The molecule has 1 aliphatic carbocycles. The van der Waals surface area contributed by atoms with E-state index >= 15 is 0 Å². The normalized spacial score (nSPS) is 21.4. The molecule has 3 amide bonds. The number of imide groups is 1. The van der Waals surface area contributed by atoms with Crippen molar-refractivity contribution >= 4 is 11.9 Å². The molecule has 21 heavy (non-hydrogen) atoms. The minimum Gasteiger partial charge on any atom is -0.309 e. The van der Waals surface area contributed by atoms with E-state index in [1.165, 1.54) is 0 Å². The van der Waals surface area contributed by atoms with E-state index in [2.05, 4.69) is 10.3 Å². The fourth-order valence-electron chi connectivity index (χ4n) is 3.51. The lowest BCUT2D eigenvalue weighted by Gasteiger charge is -2.34. The van der Waals surface area contributed by atoms with Crippen molar-refractivity contribution in [1.82, 2.24) is 15.2 Å². The van der Waals surface area contributed by atoms with Gasteiger partial charge in [0.2, 0.25) is 0 Å². The Labute approximate surface area is 124 Å². The number of nitrogens with zero attached hydrogens (tertiary/aromatic N) is 2. The monoisotopic (exact) mass is 287 g/mol. The first-order valence-corrected chi connectivity index (χ1v) is 7.74. The summed E-state index contributed by atoms with van der Waals surface area (Å²) in [6.45, 7) is 0.585. The first-order chi connectivity index (χ1) is 10.2. The van der Waals surface area contributed by atoms with Crippen molar-refractivity contribution in [2.24, 2.45) is 0 Å². The highest BCUT2D eigenvalue weighted by atomic mass is 16.2. The number of nitrogens with one attached hydrogen (secondary N) is 1. The van der Waals surface area contributed by atoms with Crippen molar-refractivity contribution < 1.29 is 9.59 Å². The predicted octanol–water partition coefficient (Wildman–Crippen LogP) is 2.27. The second-order valence-electron chi connectivity index (χ2n) is 5.96. The van der Waals surface area contributed by atoms with Gasteiger partial charge in [-0.05, 0) is 37.0 Å². The first kappa shape index (κ1) is 14.0. The van der Waals surface area contributed by atoms with E-state index < -0.39 is 5.54 Å². The van der Waals surface area contributed by atoms with E-state index in [9.17, 15) is 9.59 Å². The Hall–Kier alpha value is -1.91. The van der Waals surface area contributed by atoms with Crippen LogP contribution in [0.2, 0.25) is 0 Å². The molecule has 5 nitrogen and oxygen atoms in total. The lowest BCUT2D eigenvalue weighted by Crippen LogP contribution is -2.50. The molecule has 0 unspecified atom stereocenters. The smallest absolute Gasteiger partial charge is 0.309 e. The molecule has 1 N–H and O–H groups in total. The number of amides is 3. The van der Waals surface area contributed by atoms with Gasteiger partial charge in [0.05, 0.1) is 0 Å². The van der Waals surface area contributed by atoms with Crippen LogP contribution in [0.5, 0.6) is 0 Å². The van der Waals surface area contributed by atoms with Gasteiger partial charge in [0.15, 0.2) is 0 Å². The van der Waals surface area contributed by atoms with Gasteiger partial charge in [-0.1, -0.05) is 25.7 Å². The van der Waals surface area contributed by atoms with Gasteiger partial charge in [-0.25, -0.2) is 4.79 Å². The Morgan fingerprint density at radius 3 is 2.43 bits per heavy atom. The van der Waals surface area contributed by atoms with Crippen LogP contribution in [0.3, 0.4) is 0 Å². The number of rotatable bonds is 3. The zero-order chi connectivity index (χ0) is 14.7. The zero-order valence-electron chi connectivity index (χ0n) is 12.2. The molecule has 0 atom stereocenters. The van der Waals surface area contributed by atoms with E-state index in [1.54, 1.807) is 17.3 Å². The van der Waals surface area contributed by atoms with Gasteiger partial charge in [0.1, 0.15) is 5.54 Å². The summed E-state index contributed by atoms with van der Waals surface area (Å²) < 4.78 is 0. The topological polar surface area (TPSA) is 62.3 Å². The van der Waals surface area contributed by atoms with Gasteiger partial charge in [-0.15, -0.1) is 0 Å². The molecule has 1 aromatic rings. The maximum atomic E-state index is 12.4. The van der Waals surface area contributed by atoms with Crippen LogP contribution in [0.4, 0.5) is 4.79 Å². The molecule has 112 valence electrons. The summed E-state index contributed by atoms with van der Waals surface area (Å²) in [5, 5.41) is 2.53. The Morgan fingerprint density at radius 2 is 1.76 bits per heavy atom. The molecular formula is C16H21N3O2. The van der Waals surface area contributed by atoms with Crippen LogP contribution < -0.4 is 5.32 Å². The predicted molar refractivity (Wildman–Crippen MR) is 78.6 cm³/mol. The number of carbonyl (C=O) groups is 2. The van der Waals surface area contributed by atoms with Crippen molar-refractivity contribution in [3.63, 3.8) is 0 Å². The molecule has 0 bridgehead atoms. The summed E-state index contributed by atoms with van der Waals surface area (Å²) in [4.78, 5) is 30.3. The zero-order valence-corrected chi connectivity index (χ0v) is 12.2. The minimum absolute atomic E-state index is 0.0934. The first-order valence-electron chi connectivity index (χ1n) is 7.74. The molecule has 3 rings (SSSR count). The molecule has 5 heteroatoms. The molecular weight excluding hydrogens is 266 g/mol. The van der Waals surface area contributed by atoms with E-state index in [0.29, 0.717) is 6.54 Å². The number of carbonyl (C=O) groups excluding carboxylic acids is 2. The minimum atomic E-state index is -0.597. The molecule has 2 heterocycles. The van der Waals surface area contributed by atoms with Gasteiger partial charge >= 0.3 is 6.03 Å². The summed E-state index contributed by atoms with van der Waals surface area (Å²) in [5.74, 6) is -0.0934. The van der Waals surface area contributed by atoms with Gasteiger partial charge < -0.3 is 4.90 Å². The largest absolute Gasteiger partial charge is 0.325 e. The van der Waals surface area contributed by atoms with Crippen molar-refractivity contribution in [2.45, 2.75) is 50.5 Å². The van der Waals surface area contributed by atoms with Gasteiger partial charge in [-0.2, -0.15) is 0 Å². The lowest BCUT2D eigenvalue weighted by molar-refractivity contribution is -0.127. The summed E-state index contributed by atoms with van der Waals surface area (Å²) in [6.07, 6.45) is 10.2. The molecule has 0 radical (unpaired) electrons. The second kappa shape index (κ2) is 5.84. The standard InChI is InChI=1S/C16H21N3O2/c20-14-16(8-3-1-2-4-9-16)19(15(21)18-14)12-7-13-5-10-17-11-6-13/h5-6,10-11H,1-4,7-9,12H2,(H,18,20,21). The van der Waals surface area contributed by atoms with Gasteiger partial charge in [0.25, 0.3) is 5.91 Å². The Kier molecular flexibility index (Phi) is 3.90. The maximum Gasteiger partial charge on any atom is 0.325 e. The number of pyridine rings is 1. The summed E-state index contributed by atoms with van der Waals surface area (Å²) in [7, 11) is 0. The van der Waals surface area contributed by atoms with Crippen LogP contribution in [-0.4, -0.2) is 33.9 Å². The van der Waals surface area contributed by atoms with Crippen LogP contribution >= 0.6 is 0 Å². The molecule has 2 aliphatic rings. The van der Waals surface area contributed by atoms with Crippen LogP contribution in [0.15, 0.2) is 24.5 Å². The average Bonchev–Trinajstić information content (AvgIpc) is 2.67. The summed E-state index contributed by atoms with van der Waals surface area (Å²) >= 11 is 0. The van der Waals surface area contributed by atoms with Crippen molar-refractivity contribution in [3.8, 4) is 0 Å². The van der Waals surface area contributed by atoms with Crippen LogP contribution in [0.1, 0.15) is 44.1 Å². The summed E-state index contributed by atoms with van der Waals surface area (Å²) in [6, 6.07) is 3.68. The fourth-order valence-corrected chi connectivity index (χ4v) is 3.51. The Morgan fingerprint density at radius 1 is 1.10 bits per heavy atom. The molecule has 1 aliphatic heterocycles. The van der Waals surface area contributed by atoms with E-state index in [1.807, 2.05) is 12.1 Å². The van der Waals surface area contributed by atoms with Gasteiger partial charge in [0, 0.05) is 18.9 Å². The molecule has 0 aromatic carbocycles. The fraction of sp³-hybridized carbons (Fsp3) is 0.562. The lowest BCUT2D eigenvalue weighted by atomic mass is 9.88. The van der Waals surface area contributed by atoms with Gasteiger partial charge in [-0.3, -0.25) is 15.1 Å². The number of hydrogen-bond donors (Lipinski definition) is 1. The van der Waals surface area contributed by atoms with Crippen molar-refractivity contribution in [1.29, 1.82) is 0 Å². The molecule has 1 aromatic heterocycles. The van der Waals surface area contributed by atoms with Crippen molar-refractivity contribution in [3.05, 3.63) is 30.1 Å².